The van der Waals surface area contributed by atoms with Gasteiger partial charge < -0.3 is 4.74 Å². The van der Waals surface area contributed by atoms with E-state index in [9.17, 15) is 4.79 Å². The molecular weight excluding hydrogens is 226 g/mol. The summed E-state index contributed by atoms with van der Waals surface area (Å²) in [5, 5.41) is 0. The summed E-state index contributed by atoms with van der Waals surface area (Å²) in [4.78, 5) is 11.3. The molecule has 0 bridgehead atoms. The quantitative estimate of drug-likeness (QED) is 0.614. The molecule has 0 spiro atoms. The molecule has 90 valence electrons. The Hall–Kier alpha value is -2.13. The topological polar surface area (TPSA) is 52.3 Å². The van der Waals surface area contributed by atoms with Crippen LogP contribution < -0.4 is 5.73 Å². The first kappa shape index (κ1) is 11.0. The minimum absolute atomic E-state index is 0.385. The third-order valence-electron chi connectivity index (χ3n) is 3.25. The summed E-state index contributed by atoms with van der Waals surface area (Å²) < 4.78 is 5.39. The number of benzene rings is 2. The van der Waals surface area contributed by atoms with Gasteiger partial charge in [-0.25, -0.2) is 0 Å². The first-order chi connectivity index (χ1) is 8.63. The molecule has 2 N–H and O–H groups in total. The third kappa shape index (κ3) is 1.38. The van der Waals surface area contributed by atoms with Crippen LogP contribution in [0.5, 0.6) is 0 Å². The van der Waals surface area contributed by atoms with Crippen LogP contribution in [0.15, 0.2) is 48.5 Å². The normalized spacial score (nSPS) is 14.8. The highest BCUT2D eigenvalue weighted by Crippen LogP contribution is 2.46. The Bertz CT molecular complexity index is 588. The fraction of sp³-hybridized carbons (Fsp3) is 0.133. The zero-order valence-electron chi connectivity index (χ0n) is 10.0. The number of nitrogens with two attached hydrogens (primary N) is 1. The lowest BCUT2D eigenvalue weighted by Gasteiger charge is -2.26. The van der Waals surface area contributed by atoms with Gasteiger partial charge in [-0.05, 0) is 11.1 Å². The van der Waals surface area contributed by atoms with E-state index in [4.69, 9.17) is 10.5 Å². The highest BCUT2D eigenvalue weighted by atomic mass is 16.6. The number of esters is 1. The van der Waals surface area contributed by atoms with Gasteiger partial charge in [0.2, 0.25) is 5.72 Å². The number of rotatable bonds is 1. The summed E-state index contributed by atoms with van der Waals surface area (Å²) in [7, 11) is 0. The molecule has 2 aromatic carbocycles. The molecule has 1 aliphatic rings. The maximum absolute atomic E-state index is 11.3. The van der Waals surface area contributed by atoms with Gasteiger partial charge in [-0.15, -0.1) is 0 Å². The molecule has 0 aliphatic heterocycles. The van der Waals surface area contributed by atoms with E-state index < -0.39 is 5.72 Å². The lowest BCUT2D eigenvalue weighted by atomic mass is 10.0. The Morgan fingerprint density at radius 3 is 1.89 bits per heavy atom. The van der Waals surface area contributed by atoms with Gasteiger partial charge >= 0.3 is 5.97 Å². The summed E-state index contributed by atoms with van der Waals surface area (Å²) in [6.45, 7) is 1.37. The summed E-state index contributed by atoms with van der Waals surface area (Å²) in [6, 6.07) is 15.5. The molecule has 0 saturated heterocycles. The molecule has 3 heteroatoms. The van der Waals surface area contributed by atoms with Gasteiger partial charge in [-0.3, -0.25) is 10.5 Å². The molecule has 0 saturated carbocycles. The van der Waals surface area contributed by atoms with E-state index in [1.54, 1.807) is 0 Å². The van der Waals surface area contributed by atoms with Crippen LogP contribution in [0.2, 0.25) is 0 Å². The Morgan fingerprint density at radius 1 is 1.00 bits per heavy atom. The van der Waals surface area contributed by atoms with Crippen LogP contribution in [0.3, 0.4) is 0 Å². The van der Waals surface area contributed by atoms with Crippen LogP contribution in [0, 0.1) is 0 Å². The maximum Gasteiger partial charge on any atom is 0.304 e. The van der Waals surface area contributed by atoms with Crippen molar-refractivity contribution in [2.75, 3.05) is 0 Å². The van der Waals surface area contributed by atoms with E-state index in [0.29, 0.717) is 0 Å². The lowest BCUT2D eigenvalue weighted by molar-refractivity contribution is -0.153. The van der Waals surface area contributed by atoms with Crippen LogP contribution in [-0.4, -0.2) is 5.97 Å². The van der Waals surface area contributed by atoms with Crippen molar-refractivity contribution in [3.8, 4) is 11.1 Å². The number of hydrogen-bond donors (Lipinski definition) is 1. The van der Waals surface area contributed by atoms with Crippen molar-refractivity contribution in [1.29, 1.82) is 0 Å². The molecule has 0 unspecified atom stereocenters. The average molecular weight is 239 g/mol. The van der Waals surface area contributed by atoms with Gasteiger partial charge in [0.1, 0.15) is 0 Å². The van der Waals surface area contributed by atoms with Gasteiger partial charge in [0.25, 0.3) is 0 Å². The average Bonchev–Trinajstić information content (AvgIpc) is 2.61. The second-order valence-corrected chi connectivity index (χ2v) is 4.42. The molecule has 0 atom stereocenters. The third-order valence-corrected chi connectivity index (χ3v) is 3.25. The van der Waals surface area contributed by atoms with E-state index in [0.717, 1.165) is 22.3 Å². The number of hydrogen-bond acceptors (Lipinski definition) is 3. The molecule has 0 radical (unpaired) electrons. The summed E-state index contributed by atoms with van der Waals surface area (Å²) in [5.41, 5.74) is 8.89. The highest BCUT2D eigenvalue weighted by molar-refractivity contribution is 5.81. The van der Waals surface area contributed by atoms with Crippen molar-refractivity contribution < 1.29 is 9.53 Å². The fourth-order valence-electron chi connectivity index (χ4n) is 2.57. The first-order valence-corrected chi connectivity index (χ1v) is 5.81. The van der Waals surface area contributed by atoms with E-state index in [-0.39, 0.29) is 5.97 Å². The molecular formula is C15H13NO2. The largest absolute Gasteiger partial charge is 0.436 e. The molecule has 0 amide bonds. The van der Waals surface area contributed by atoms with Crippen LogP contribution in [0.4, 0.5) is 0 Å². The SMILES string of the molecule is CC(=O)OC1(N)c2ccccc2-c2ccccc21. The zero-order valence-corrected chi connectivity index (χ0v) is 10.0. The summed E-state index contributed by atoms with van der Waals surface area (Å²) in [5.74, 6) is -0.385. The number of carbonyl (C=O) groups is 1. The second-order valence-electron chi connectivity index (χ2n) is 4.42. The molecule has 18 heavy (non-hydrogen) atoms. The molecule has 3 nitrogen and oxygen atoms in total. The van der Waals surface area contributed by atoms with E-state index >= 15 is 0 Å². The minimum Gasteiger partial charge on any atom is -0.436 e. The first-order valence-electron chi connectivity index (χ1n) is 5.81. The Kier molecular flexibility index (Phi) is 2.25. The zero-order chi connectivity index (χ0) is 12.8. The second kappa shape index (κ2) is 3.68. The molecule has 1 aliphatic carbocycles. The maximum atomic E-state index is 11.3. The van der Waals surface area contributed by atoms with Crippen molar-refractivity contribution in [1.82, 2.24) is 0 Å². The van der Waals surface area contributed by atoms with Gasteiger partial charge in [-0.2, -0.15) is 0 Å². The molecule has 0 aromatic heterocycles. The fourth-order valence-corrected chi connectivity index (χ4v) is 2.57. The van der Waals surface area contributed by atoms with E-state index in [1.165, 1.54) is 6.92 Å². The van der Waals surface area contributed by atoms with Crippen molar-refractivity contribution in [2.45, 2.75) is 12.6 Å². The minimum atomic E-state index is -1.17. The molecule has 3 rings (SSSR count). The van der Waals surface area contributed by atoms with Gasteiger partial charge in [-0.1, -0.05) is 48.5 Å². The van der Waals surface area contributed by atoms with E-state index in [1.807, 2.05) is 48.5 Å². The molecule has 0 heterocycles. The standard InChI is InChI=1S/C15H13NO2/c1-10(17)18-15(16)13-8-4-2-6-11(13)12-7-3-5-9-14(12)15/h2-9H,16H2,1H3. The predicted molar refractivity (Wildman–Crippen MR) is 68.6 cm³/mol. The van der Waals surface area contributed by atoms with Crippen molar-refractivity contribution in [3.05, 3.63) is 59.7 Å². The monoisotopic (exact) mass is 239 g/mol. The number of ether oxygens (including phenoxy) is 1. The van der Waals surface area contributed by atoms with Gasteiger partial charge in [0.15, 0.2) is 0 Å². The summed E-state index contributed by atoms with van der Waals surface area (Å²) >= 11 is 0. The van der Waals surface area contributed by atoms with Crippen molar-refractivity contribution in [3.63, 3.8) is 0 Å². The Balaban J connectivity index is 2.30. The van der Waals surface area contributed by atoms with Gasteiger partial charge in [0.05, 0.1) is 0 Å². The Morgan fingerprint density at radius 2 is 1.44 bits per heavy atom. The number of carbonyl (C=O) groups excluding carboxylic acids is 1. The smallest absolute Gasteiger partial charge is 0.304 e. The van der Waals surface area contributed by atoms with Gasteiger partial charge in [0, 0.05) is 18.1 Å². The van der Waals surface area contributed by atoms with Crippen LogP contribution in [-0.2, 0) is 15.3 Å². The van der Waals surface area contributed by atoms with Crippen LogP contribution in [0.25, 0.3) is 11.1 Å². The molecule has 2 aromatic rings. The predicted octanol–water partition coefficient (Wildman–Crippen LogP) is 2.39. The summed E-state index contributed by atoms with van der Waals surface area (Å²) in [6.07, 6.45) is 0. The number of fused-ring (bicyclic) bond motifs is 3. The van der Waals surface area contributed by atoms with Crippen molar-refractivity contribution in [2.24, 2.45) is 5.73 Å². The van der Waals surface area contributed by atoms with Crippen molar-refractivity contribution >= 4 is 5.97 Å². The molecule has 0 fully saturated rings. The van der Waals surface area contributed by atoms with E-state index in [2.05, 4.69) is 0 Å². The lowest BCUT2D eigenvalue weighted by Crippen LogP contribution is -2.40. The highest BCUT2D eigenvalue weighted by Gasteiger charge is 2.42. The Labute approximate surface area is 105 Å². The van der Waals surface area contributed by atoms with Crippen LogP contribution in [0.1, 0.15) is 18.1 Å². The van der Waals surface area contributed by atoms with Crippen LogP contribution >= 0.6 is 0 Å².